The van der Waals surface area contributed by atoms with Crippen LogP contribution in [0.5, 0.6) is 11.5 Å². The number of hydrogen-bond donors (Lipinski definition) is 0. The maximum atomic E-state index is 5.44. The number of nitrogens with zero attached hydrogens (tertiary/aromatic N) is 1. The largest absolute Gasteiger partial charge is 0.497 e. The first-order chi connectivity index (χ1) is 10.7. The Hall–Kier alpha value is -2.33. The first-order valence-electron chi connectivity index (χ1n) is 6.96. The lowest BCUT2D eigenvalue weighted by atomic mass is 10.1. The Balaban J connectivity index is 2.01. The molecule has 4 heteroatoms. The lowest BCUT2D eigenvalue weighted by molar-refractivity contribution is 0.404. The molecule has 1 aromatic heterocycles. The number of methoxy groups -OCH3 is 2. The Morgan fingerprint density at radius 2 is 1.73 bits per heavy atom. The standard InChI is InChI=1S/C18H17NO2S/c1-12-4-6-13(7-5-12)18-19-16(11-22-18)15-10-14(20-2)8-9-17(15)21-3/h4-11H,1-3H3. The molecule has 2 aromatic carbocycles. The van der Waals surface area contributed by atoms with Gasteiger partial charge < -0.3 is 9.47 Å². The zero-order valence-corrected chi connectivity index (χ0v) is 13.6. The average molecular weight is 311 g/mol. The molecule has 0 aliphatic heterocycles. The molecule has 112 valence electrons. The van der Waals surface area contributed by atoms with Crippen LogP contribution in [0.2, 0.25) is 0 Å². The Bertz CT molecular complexity index is 778. The second-order valence-electron chi connectivity index (χ2n) is 4.97. The molecule has 3 aromatic rings. The predicted octanol–water partition coefficient (Wildman–Crippen LogP) is 4.80. The predicted molar refractivity (Wildman–Crippen MR) is 90.8 cm³/mol. The highest BCUT2D eigenvalue weighted by atomic mass is 32.1. The highest BCUT2D eigenvalue weighted by Gasteiger charge is 2.12. The van der Waals surface area contributed by atoms with Crippen LogP contribution < -0.4 is 9.47 Å². The molecule has 0 aliphatic carbocycles. The molecule has 0 aliphatic rings. The van der Waals surface area contributed by atoms with E-state index >= 15 is 0 Å². The summed E-state index contributed by atoms with van der Waals surface area (Å²) in [5.74, 6) is 1.59. The molecule has 0 saturated carbocycles. The van der Waals surface area contributed by atoms with E-state index in [0.29, 0.717) is 0 Å². The van der Waals surface area contributed by atoms with E-state index in [1.807, 2.05) is 23.6 Å². The van der Waals surface area contributed by atoms with Crippen LogP contribution in [0.3, 0.4) is 0 Å². The summed E-state index contributed by atoms with van der Waals surface area (Å²) in [5, 5.41) is 3.05. The summed E-state index contributed by atoms with van der Waals surface area (Å²) in [6.07, 6.45) is 0. The lowest BCUT2D eigenvalue weighted by Crippen LogP contribution is -1.90. The molecule has 22 heavy (non-hydrogen) atoms. The molecule has 0 amide bonds. The van der Waals surface area contributed by atoms with Gasteiger partial charge in [0.1, 0.15) is 16.5 Å². The third kappa shape index (κ3) is 2.83. The Morgan fingerprint density at radius 1 is 0.955 bits per heavy atom. The molecule has 0 atom stereocenters. The minimum Gasteiger partial charge on any atom is -0.497 e. The van der Waals surface area contributed by atoms with Crippen molar-refractivity contribution in [1.29, 1.82) is 0 Å². The van der Waals surface area contributed by atoms with Gasteiger partial charge in [-0.05, 0) is 25.1 Å². The molecule has 0 spiro atoms. The van der Waals surface area contributed by atoms with Crippen molar-refractivity contribution in [3.8, 4) is 33.3 Å². The van der Waals surface area contributed by atoms with E-state index in [0.717, 1.165) is 33.3 Å². The van der Waals surface area contributed by atoms with Gasteiger partial charge in [-0.3, -0.25) is 0 Å². The number of hydrogen-bond acceptors (Lipinski definition) is 4. The van der Waals surface area contributed by atoms with Gasteiger partial charge in [0.2, 0.25) is 0 Å². The molecule has 0 saturated heterocycles. The minimum atomic E-state index is 0.792. The van der Waals surface area contributed by atoms with Crippen molar-refractivity contribution in [3.63, 3.8) is 0 Å². The fraction of sp³-hybridized carbons (Fsp3) is 0.167. The maximum Gasteiger partial charge on any atom is 0.128 e. The smallest absolute Gasteiger partial charge is 0.128 e. The zero-order valence-electron chi connectivity index (χ0n) is 12.8. The van der Waals surface area contributed by atoms with E-state index in [2.05, 4.69) is 31.2 Å². The first-order valence-corrected chi connectivity index (χ1v) is 7.84. The third-order valence-corrected chi connectivity index (χ3v) is 4.38. The summed E-state index contributed by atoms with van der Waals surface area (Å²) < 4.78 is 10.7. The summed E-state index contributed by atoms with van der Waals surface area (Å²) >= 11 is 1.63. The molecular weight excluding hydrogens is 294 g/mol. The number of rotatable bonds is 4. The first kappa shape index (κ1) is 14.6. The molecule has 0 radical (unpaired) electrons. The van der Waals surface area contributed by atoms with Gasteiger partial charge in [-0.25, -0.2) is 4.98 Å². The molecule has 3 nitrogen and oxygen atoms in total. The summed E-state index contributed by atoms with van der Waals surface area (Å²) in [4.78, 5) is 4.75. The molecule has 0 unspecified atom stereocenters. The van der Waals surface area contributed by atoms with E-state index in [9.17, 15) is 0 Å². The average Bonchev–Trinajstić information content (AvgIpc) is 3.04. The van der Waals surface area contributed by atoms with Crippen LogP contribution in [0.1, 0.15) is 5.56 Å². The van der Waals surface area contributed by atoms with Crippen molar-refractivity contribution in [1.82, 2.24) is 4.98 Å². The SMILES string of the molecule is COc1ccc(OC)c(-c2csc(-c3ccc(C)cc3)n2)c1. The van der Waals surface area contributed by atoms with Gasteiger partial charge in [0.05, 0.1) is 19.9 Å². The normalized spacial score (nSPS) is 10.5. The van der Waals surface area contributed by atoms with E-state index in [1.54, 1.807) is 25.6 Å². The Labute approximate surface area is 134 Å². The van der Waals surface area contributed by atoms with E-state index in [4.69, 9.17) is 14.5 Å². The summed E-state index contributed by atoms with van der Waals surface area (Å²) in [6.45, 7) is 2.08. The van der Waals surface area contributed by atoms with Gasteiger partial charge in [-0.2, -0.15) is 0 Å². The quantitative estimate of drug-likeness (QED) is 0.693. The monoisotopic (exact) mass is 311 g/mol. The van der Waals surface area contributed by atoms with Gasteiger partial charge >= 0.3 is 0 Å². The lowest BCUT2D eigenvalue weighted by Gasteiger charge is -2.08. The van der Waals surface area contributed by atoms with Crippen molar-refractivity contribution >= 4 is 11.3 Å². The Morgan fingerprint density at radius 3 is 2.41 bits per heavy atom. The topological polar surface area (TPSA) is 31.4 Å². The van der Waals surface area contributed by atoms with E-state index in [-0.39, 0.29) is 0 Å². The highest BCUT2D eigenvalue weighted by Crippen LogP contribution is 2.36. The fourth-order valence-corrected chi connectivity index (χ4v) is 3.07. The van der Waals surface area contributed by atoms with Crippen molar-refractivity contribution in [2.24, 2.45) is 0 Å². The van der Waals surface area contributed by atoms with Crippen molar-refractivity contribution in [2.45, 2.75) is 6.92 Å². The van der Waals surface area contributed by atoms with E-state index in [1.165, 1.54) is 5.56 Å². The van der Waals surface area contributed by atoms with Crippen molar-refractivity contribution in [2.75, 3.05) is 14.2 Å². The van der Waals surface area contributed by atoms with Crippen LogP contribution in [-0.2, 0) is 0 Å². The van der Waals surface area contributed by atoms with Crippen LogP contribution in [0.4, 0.5) is 0 Å². The molecule has 3 rings (SSSR count). The second kappa shape index (κ2) is 6.20. The number of ether oxygens (including phenoxy) is 2. The van der Waals surface area contributed by atoms with Crippen molar-refractivity contribution in [3.05, 3.63) is 53.4 Å². The van der Waals surface area contributed by atoms with Crippen LogP contribution in [0.15, 0.2) is 47.8 Å². The number of aromatic nitrogens is 1. The van der Waals surface area contributed by atoms with Crippen LogP contribution in [0.25, 0.3) is 21.8 Å². The van der Waals surface area contributed by atoms with Gasteiger partial charge in [0, 0.05) is 16.5 Å². The molecule has 0 fully saturated rings. The zero-order chi connectivity index (χ0) is 15.5. The summed E-state index contributed by atoms with van der Waals surface area (Å²) in [7, 11) is 3.32. The highest BCUT2D eigenvalue weighted by molar-refractivity contribution is 7.13. The molecule has 0 N–H and O–H groups in total. The van der Waals surface area contributed by atoms with Gasteiger partial charge in [0.15, 0.2) is 0 Å². The van der Waals surface area contributed by atoms with Gasteiger partial charge in [0.25, 0.3) is 0 Å². The molecular formula is C18H17NO2S. The molecule has 1 heterocycles. The van der Waals surface area contributed by atoms with Crippen molar-refractivity contribution < 1.29 is 9.47 Å². The number of aryl methyl sites for hydroxylation is 1. The fourth-order valence-electron chi connectivity index (χ4n) is 2.24. The second-order valence-corrected chi connectivity index (χ2v) is 5.83. The van der Waals surface area contributed by atoms with Crippen LogP contribution in [-0.4, -0.2) is 19.2 Å². The van der Waals surface area contributed by atoms with Crippen LogP contribution >= 0.6 is 11.3 Å². The van der Waals surface area contributed by atoms with Gasteiger partial charge in [-0.15, -0.1) is 11.3 Å². The summed E-state index contributed by atoms with van der Waals surface area (Å²) in [6, 6.07) is 14.1. The number of thiazole rings is 1. The van der Waals surface area contributed by atoms with E-state index < -0.39 is 0 Å². The summed E-state index contributed by atoms with van der Waals surface area (Å²) in [5.41, 5.74) is 4.21. The van der Waals surface area contributed by atoms with Gasteiger partial charge in [-0.1, -0.05) is 29.8 Å². The Kier molecular flexibility index (Phi) is 4.11. The third-order valence-electron chi connectivity index (χ3n) is 3.49. The molecule has 0 bridgehead atoms. The maximum absolute atomic E-state index is 5.44. The number of benzene rings is 2. The van der Waals surface area contributed by atoms with Crippen LogP contribution in [0, 0.1) is 6.92 Å². The minimum absolute atomic E-state index is 0.792.